The van der Waals surface area contributed by atoms with Gasteiger partial charge in [-0.25, -0.2) is 0 Å². The molecule has 1 heterocycles. The minimum absolute atomic E-state index is 0.360. The second kappa shape index (κ2) is 5.10. The molecule has 0 spiro atoms. The number of nitrogen functional groups attached to an aromatic ring is 1. The first-order chi connectivity index (χ1) is 7.79. The molecule has 0 saturated heterocycles. The van der Waals surface area contributed by atoms with Crippen molar-refractivity contribution in [3.8, 4) is 0 Å². The van der Waals surface area contributed by atoms with Crippen molar-refractivity contribution in [1.82, 2.24) is 14.8 Å². The molecule has 5 nitrogen and oxygen atoms in total. The fourth-order valence-corrected chi connectivity index (χ4v) is 5.29. The molecule has 80 valence electrons. The van der Waals surface area contributed by atoms with Crippen molar-refractivity contribution in [2.24, 2.45) is 0 Å². The molecule has 2 rings (SSSR count). The minimum atomic E-state index is -1.36. The van der Waals surface area contributed by atoms with Gasteiger partial charge in [-0.3, -0.25) is 0 Å². The Balaban J connectivity index is 2.02. The molecule has 16 heavy (non-hydrogen) atoms. The number of hydrogen-bond acceptors (Lipinski definition) is 4. The number of benzene rings is 1. The third-order valence-corrected chi connectivity index (χ3v) is 7.46. The van der Waals surface area contributed by atoms with E-state index in [2.05, 4.69) is 31.9 Å². The first-order valence-corrected chi connectivity index (χ1v) is 10.4. The number of nitrogens with one attached hydrogen (secondary N) is 1. The Morgan fingerprint density at radius 3 is 2.75 bits per heavy atom. The summed E-state index contributed by atoms with van der Waals surface area (Å²) in [5.74, 6) is 0.960. The molecule has 0 bridgehead atoms. The van der Waals surface area contributed by atoms with Crippen LogP contribution in [-0.2, 0) is 0 Å². The van der Waals surface area contributed by atoms with Crippen LogP contribution in [0.5, 0.6) is 0 Å². The molecular weight excluding hydrogens is 395 g/mol. The number of hydrogen-bond donors (Lipinski definition) is 2. The summed E-state index contributed by atoms with van der Waals surface area (Å²) < 4.78 is 6.15. The van der Waals surface area contributed by atoms with E-state index in [1.54, 1.807) is 0 Å². The zero-order valence-corrected chi connectivity index (χ0v) is 14.3. The maximum atomic E-state index is 5.62. The summed E-state index contributed by atoms with van der Waals surface area (Å²) in [5, 5.41) is 4.15. The van der Waals surface area contributed by atoms with Crippen LogP contribution in [0.4, 0.5) is 11.9 Å². The van der Waals surface area contributed by atoms with Crippen molar-refractivity contribution >= 4 is 45.8 Å². The van der Waals surface area contributed by atoms with Gasteiger partial charge in [-0.1, -0.05) is 0 Å². The third-order valence-electron chi connectivity index (χ3n) is 2.12. The van der Waals surface area contributed by atoms with Gasteiger partial charge in [0.1, 0.15) is 0 Å². The van der Waals surface area contributed by atoms with Gasteiger partial charge in [0.25, 0.3) is 0 Å². The van der Waals surface area contributed by atoms with Gasteiger partial charge in [0.15, 0.2) is 0 Å². The molecule has 0 unspecified atom stereocenters. The standard InChI is InChI=1S/C6H5.C4H6N5.Tl.H/c1-2-4-6-5-3-1;1-2-9-4(6)7-3(5)8-9;;/h1-5H;2H,1H2,(H3-,5,6,7,8);;/q;-1;+1;. The Morgan fingerprint density at radius 1 is 1.38 bits per heavy atom. The van der Waals surface area contributed by atoms with Crippen LogP contribution in [-0.4, -0.2) is 39.3 Å². The monoisotopic (exact) mass is 407 g/mol. The van der Waals surface area contributed by atoms with Gasteiger partial charge in [-0.05, 0) is 0 Å². The summed E-state index contributed by atoms with van der Waals surface area (Å²) in [6.45, 7) is 3.59. The van der Waals surface area contributed by atoms with Crippen LogP contribution in [0.1, 0.15) is 0 Å². The van der Waals surface area contributed by atoms with Gasteiger partial charge >= 0.3 is 106 Å². The SMILES string of the molecule is C=Cn1nc([NH][TlH][c]2ccccc2)nc1N. The predicted molar refractivity (Wildman–Crippen MR) is 67.7 cm³/mol. The van der Waals surface area contributed by atoms with E-state index >= 15 is 0 Å². The van der Waals surface area contributed by atoms with Crippen LogP contribution in [0.2, 0.25) is 0 Å². The van der Waals surface area contributed by atoms with Crippen molar-refractivity contribution in [2.75, 3.05) is 8.86 Å². The van der Waals surface area contributed by atoms with E-state index in [4.69, 9.17) is 5.73 Å². The van der Waals surface area contributed by atoms with Crippen molar-refractivity contribution < 1.29 is 0 Å². The average molecular weight is 407 g/mol. The van der Waals surface area contributed by atoms with Crippen molar-refractivity contribution in [3.63, 3.8) is 0 Å². The van der Waals surface area contributed by atoms with E-state index in [0.29, 0.717) is 11.9 Å². The Morgan fingerprint density at radius 2 is 2.12 bits per heavy atom. The Labute approximate surface area is 106 Å². The molecule has 0 aliphatic rings. The third kappa shape index (κ3) is 2.60. The van der Waals surface area contributed by atoms with Crippen LogP contribution >= 0.6 is 0 Å². The van der Waals surface area contributed by atoms with E-state index < -0.39 is 24.5 Å². The predicted octanol–water partition coefficient (Wildman–Crippen LogP) is 0.0497. The zero-order valence-electron chi connectivity index (χ0n) is 8.80. The molecule has 1 aromatic heterocycles. The van der Waals surface area contributed by atoms with Gasteiger partial charge < -0.3 is 0 Å². The average Bonchev–Trinajstić information content (AvgIpc) is 2.69. The van der Waals surface area contributed by atoms with E-state index in [1.165, 1.54) is 14.0 Å². The fourth-order valence-electron chi connectivity index (χ4n) is 1.32. The van der Waals surface area contributed by atoms with Crippen LogP contribution in [0, 0.1) is 0 Å². The Hall–Kier alpha value is -1.38. The first kappa shape index (κ1) is 11.1. The summed E-state index contributed by atoms with van der Waals surface area (Å²) in [7, 11) is 0. The van der Waals surface area contributed by atoms with E-state index in [0.717, 1.165) is 0 Å². The van der Waals surface area contributed by atoms with Crippen LogP contribution in [0.25, 0.3) is 6.20 Å². The number of nitrogens with zero attached hydrogens (tertiary/aromatic N) is 3. The summed E-state index contributed by atoms with van der Waals surface area (Å²) >= 11 is -1.36. The topological polar surface area (TPSA) is 68.8 Å². The Bertz CT molecular complexity index is 479. The Kier molecular flexibility index (Phi) is 3.55. The summed E-state index contributed by atoms with van der Waals surface area (Å²) in [6.07, 6.45) is 1.53. The first-order valence-electron chi connectivity index (χ1n) is 4.92. The number of aromatic nitrogens is 3. The van der Waals surface area contributed by atoms with E-state index in [-0.39, 0.29) is 0 Å². The number of anilines is 2. The molecule has 0 amide bonds. The molecule has 2 aromatic rings. The number of nitrogens with two attached hydrogens (primary N) is 1. The molecular formula is C10H12N5Tl. The molecule has 0 atom stereocenters. The summed E-state index contributed by atoms with van der Waals surface area (Å²) in [4.78, 5) is 4.10. The number of rotatable bonds is 4. The fraction of sp³-hybridized carbons (Fsp3) is 0. The van der Waals surface area contributed by atoms with Crippen molar-refractivity contribution in [1.29, 1.82) is 0 Å². The summed E-state index contributed by atoms with van der Waals surface area (Å²) in [6, 6.07) is 10.4. The van der Waals surface area contributed by atoms with Crippen LogP contribution in [0.15, 0.2) is 36.9 Å². The molecule has 0 radical (unpaired) electrons. The molecule has 6 heteroatoms. The molecule has 0 fully saturated rings. The van der Waals surface area contributed by atoms with Gasteiger partial charge in [-0.2, -0.15) is 0 Å². The quantitative estimate of drug-likeness (QED) is 0.704. The normalized spacial score (nSPS) is 9.75. The molecule has 0 saturated carbocycles. The van der Waals surface area contributed by atoms with Crippen LogP contribution < -0.4 is 12.0 Å². The molecule has 3 N–H and O–H groups in total. The van der Waals surface area contributed by atoms with E-state index in [1.807, 2.05) is 18.2 Å². The van der Waals surface area contributed by atoms with Crippen molar-refractivity contribution in [3.05, 3.63) is 36.9 Å². The molecule has 0 aliphatic carbocycles. The summed E-state index contributed by atoms with van der Waals surface area (Å²) in [5.41, 5.74) is 5.62. The maximum absolute atomic E-state index is 5.62. The van der Waals surface area contributed by atoms with Crippen molar-refractivity contribution in [2.45, 2.75) is 0 Å². The second-order valence-electron chi connectivity index (χ2n) is 3.26. The molecule has 1 aromatic carbocycles. The zero-order chi connectivity index (χ0) is 11.4. The second-order valence-corrected chi connectivity index (χ2v) is 9.18. The van der Waals surface area contributed by atoms with E-state index in [9.17, 15) is 0 Å². The van der Waals surface area contributed by atoms with Gasteiger partial charge in [0, 0.05) is 0 Å². The van der Waals surface area contributed by atoms with Gasteiger partial charge in [0.2, 0.25) is 0 Å². The van der Waals surface area contributed by atoms with Gasteiger partial charge in [0.05, 0.1) is 0 Å². The van der Waals surface area contributed by atoms with Crippen LogP contribution in [0.3, 0.4) is 0 Å². The molecule has 0 aliphatic heterocycles. The van der Waals surface area contributed by atoms with Gasteiger partial charge in [-0.15, -0.1) is 0 Å².